The molecular formula is C21H24N4O2S2. The van der Waals surface area contributed by atoms with E-state index in [0.717, 1.165) is 16.8 Å². The number of rotatable bonds is 8. The van der Waals surface area contributed by atoms with E-state index in [1.54, 1.807) is 30.5 Å². The van der Waals surface area contributed by atoms with Crippen LogP contribution in [-0.4, -0.2) is 37.0 Å². The quantitative estimate of drug-likeness (QED) is 0.420. The van der Waals surface area contributed by atoms with E-state index >= 15 is 0 Å². The van der Waals surface area contributed by atoms with Gasteiger partial charge in [0.2, 0.25) is 15.2 Å². The molecule has 0 spiro atoms. The number of hydrogen-bond donors (Lipinski definition) is 1. The molecule has 1 N–H and O–H groups in total. The summed E-state index contributed by atoms with van der Waals surface area (Å²) < 4.78 is 26.6. The summed E-state index contributed by atoms with van der Waals surface area (Å²) in [6, 6.07) is 14.9. The molecule has 0 unspecified atom stereocenters. The standard InChI is InChI=1S/C21H24N4O2S2/c1-4-25(5-2)29(26,27)19-12-10-18(11-13-19)20-15-28-21(23-20)24-22-14-17-8-6-16(3)7-9-17/h6-15H,4-5H2,1-3H3,(H,23,24). The largest absolute Gasteiger partial charge is 0.253 e. The molecule has 1 heterocycles. The van der Waals surface area contributed by atoms with Crippen LogP contribution in [0.25, 0.3) is 11.3 Å². The molecule has 0 radical (unpaired) electrons. The predicted molar refractivity (Wildman–Crippen MR) is 120 cm³/mol. The van der Waals surface area contributed by atoms with Gasteiger partial charge in [-0.25, -0.2) is 13.4 Å². The third kappa shape index (κ3) is 5.09. The zero-order valence-electron chi connectivity index (χ0n) is 16.7. The van der Waals surface area contributed by atoms with E-state index in [4.69, 9.17) is 0 Å². The molecule has 3 rings (SSSR count). The molecule has 1 aromatic heterocycles. The summed E-state index contributed by atoms with van der Waals surface area (Å²) in [5.74, 6) is 0. The van der Waals surface area contributed by atoms with Gasteiger partial charge in [0, 0.05) is 24.0 Å². The number of sulfonamides is 1. The van der Waals surface area contributed by atoms with E-state index in [1.165, 1.54) is 21.2 Å². The van der Waals surface area contributed by atoms with Crippen LogP contribution in [0.2, 0.25) is 0 Å². The summed E-state index contributed by atoms with van der Waals surface area (Å²) in [6.07, 6.45) is 1.74. The molecule has 0 atom stereocenters. The summed E-state index contributed by atoms with van der Waals surface area (Å²) in [5, 5.41) is 6.81. The Hall–Kier alpha value is -2.55. The summed E-state index contributed by atoms with van der Waals surface area (Å²) in [4.78, 5) is 4.81. The molecule has 3 aromatic rings. The Morgan fingerprint density at radius 3 is 2.34 bits per heavy atom. The van der Waals surface area contributed by atoms with Gasteiger partial charge in [-0.3, -0.25) is 5.43 Å². The molecule has 0 amide bonds. The fourth-order valence-corrected chi connectivity index (χ4v) is 4.91. The molecule has 2 aromatic carbocycles. The molecule has 152 valence electrons. The second-order valence-electron chi connectivity index (χ2n) is 6.43. The highest BCUT2D eigenvalue weighted by atomic mass is 32.2. The first kappa shape index (κ1) is 21.2. The van der Waals surface area contributed by atoms with Crippen molar-refractivity contribution in [3.05, 3.63) is 65.0 Å². The lowest BCUT2D eigenvalue weighted by Crippen LogP contribution is -2.30. The van der Waals surface area contributed by atoms with E-state index in [2.05, 4.69) is 15.5 Å². The first-order valence-electron chi connectivity index (χ1n) is 9.36. The highest BCUT2D eigenvalue weighted by Crippen LogP contribution is 2.26. The van der Waals surface area contributed by atoms with Gasteiger partial charge in [-0.1, -0.05) is 55.8 Å². The molecule has 6 nitrogen and oxygen atoms in total. The number of aromatic nitrogens is 1. The van der Waals surface area contributed by atoms with Crippen molar-refractivity contribution in [1.82, 2.24) is 9.29 Å². The van der Waals surface area contributed by atoms with Gasteiger partial charge >= 0.3 is 0 Å². The second-order valence-corrected chi connectivity index (χ2v) is 9.23. The molecule has 29 heavy (non-hydrogen) atoms. The molecule has 0 bridgehead atoms. The lowest BCUT2D eigenvalue weighted by molar-refractivity contribution is 0.445. The third-order valence-electron chi connectivity index (χ3n) is 4.45. The average molecular weight is 429 g/mol. The number of anilines is 1. The Kier molecular flexibility index (Phi) is 6.79. The van der Waals surface area contributed by atoms with E-state index in [9.17, 15) is 8.42 Å². The Morgan fingerprint density at radius 2 is 1.72 bits per heavy atom. The Labute approximate surface area is 176 Å². The SMILES string of the molecule is CCN(CC)S(=O)(=O)c1ccc(-c2csc(NN=Cc3ccc(C)cc3)n2)cc1. The molecule has 8 heteroatoms. The van der Waals surface area contributed by atoms with Gasteiger partial charge in [-0.2, -0.15) is 9.41 Å². The van der Waals surface area contributed by atoms with Gasteiger partial charge in [0.1, 0.15) is 0 Å². The Bertz CT molecular complexity index is 1070. The van der Waals surface area contributed by atoms with Crippen molar-refractivity contribution in [3.8, 4) is 11.3 Å². The van der Waals surface area contributed by atoms with Crippen molar-refractivity contribution in [1.29, 1.82) is 0 Å². The van der Waals surface area contributed by atoms with Crippen LogP contribution in [0.15, 0.2) is 63.9 Å². The average Bonchev–Trinajstić information content (AvgIpc) is 3.19. The summed E-state index contributed by atoms with van der Waals surface area (Å²) in [6.45, 7) is 6.61. The van der Waals surface area contributed by atoms with Crippen LogP contribution in [-0.2, 0) is 10.0 Å². The monoisotopic (exact) mass is 428 g/mol. The highest BCUT2D eigenvalue weighted by molar-refractivity contribution is 7.89. The minimum absolute atomic E-state index is 0.293. The first-order chi connectivity index (χ1) is 13.9. The van der Waals surface area contributed by atoms with Crippen LogP contribution in [0.5, 0.6) is 0 Å². The number of nitrogens with zero attached hydrogens (tertiary/aromatic N) is 3. The highest BCUT2D eigenvalue weighted by Gasteiger charge is 2.21. The summed E-state index contributed by atoms with van der Waals surface area (Å²) in [5.41, 5.74) is 6.78. The Morgan fingerprint density at radius 1 is 1.07 bits per heavy atom. The summed E-state index contributed by atoms with van der Waals surface area (Å²) >= 11 is 1.44. The van der Waals surface area contributed by atoms with E-state index in [0.29, 0.717) is 23.1 Å². The third-order valence-corrected chi connectivity index (χ3v) is 7.26. The lowest BCUT2D eigenvalue weighted by atomic mass is 10.2. The van der Waals surface area contributed by atoms with Gasteiger partial charge in [0.25, 0.3) is 0 Å². The number of nitrogens with one attached hydrogen (secondary N) is 1. The smallest absolute Gasteiger partial charge is 0.243 e. The van der Waals surface area contributed by atoms with Crippen molar-refractivity contribution >= 4 is 32.7 Å². The van der Waals surface area contributed by atoms with Gasteiger partial charge in [-0.05, 0) is 24.6 Å². The maximum absolute atomic E-state index is 12.6. The minimum atomic E-state index is -3.45. The number of hydrogen-bond acceptors (Lipinski definition) is 6. The van der Waals surface area contributed by atoms with Gasteiger partial charge in [0.05, 0.1) is 16.8 Å². The van der Waals surface area contributed by atoms with Crippen molar-refractivity contribution in [2.75, 3.05) is 18.5 Å². The number of benzene rings is 2. The molecule has 0 saturated carbocycles. The zero-order valence-corrected chi connectivity index (χ0v) is 18.3. The fraction of sp³-hybridized carbons (Fsp3) is 0.238. The first-order valence-corrected chi connectivity index (χ1v) is 11.7. The molecule has 0 aliphatic rings. The van der Waals surface area contributed by atoms with E-state index in [-0.39, 0.29) is 0 Å². The molecule has 0 aliphatic heterocycles. The van der Waals surface area contributed by atoms with Crippen LogP contribution in [0.3, 0.4) is 0 Å². The molecular weight excluding hydrogens is 404 g/mol. The number of hydrazone groups is 1. The van der Waals surface area contributed by atoms with Crippen molar-refractivity contribution in [3.63, 3.8) is 0 Å². The van der Waals surface area contributed by atoms with E-state index < -0.39 is 10.0 Å². The van der Waals surface area contributed by atoms with Crippen LogP contribution in [0.4, 0.5) is 5.13 Å². The fourth-order valence-electron chi connectivity index (χ4n) is 2.78. The number of aryl methyl sites for hydroxylation is 1. The second kappa shape index (κ2) is 9.30. The molecule has 0 fully saturated rings. The number of thiazole rings is 1. The minimum Gasteiger partial charge on any atom is -0.253 e. The van der Waals surface area contributed by atoms with Gasteiger partial charge < -0.3 is 0 Å². The van der Waals surface area contributed by atoms with Crippen molar-refractivity contribution in [2.24, 2.45) is 5.10 Å². The van der Waals surface area contributed by atoms with Crippen LogP contribution >= 0.6 is 11.3 Å². The topological polar surface area (TPSA) is 74.7 Å². The predicted octanol–water partition coefficient (Wildman–Crippen LogP) is 4.60. The Balaban J connectivity index is 1.69. The van der Waals surface area contributed by atoms with Crippen molar-refractivity contribution in [2.45, 2.75) is 25.7 Å². The zero-order chi connectivity index (χ0) is 20.9. The van der Waals surface area contributed by atoms with Crippen LogP contribution in [0, 0.1) is 6.92 Å². The van der Waals surface area contributed by atoms with Gasteiger partial charge in [0.15, 0.2) is 0 Å². The normalized spacial score (nSPS) is 12.0. The van der Waals surface area contributed by atoms with Crippen molar-refractivity contribution < 1.29 is 8.42 Å². The maximum atomic E-state index is 12.6. The van der Waals surface area contributed by atoms with Crippen LogP contribution < -0.4 is 5.43 Å². The van der Waals surface area contributed by atoms with Gasteiger partial charge in [-0.15, -0.1) is 11.3 Å². The van der Waals surface area contributed by atoms with E-state index in [1.807, 2.05) is 50.4 Å². The summed E-state index contributed by atoms with van der Waals surface area (Å²) in [7, 11) is -3.45. The molecule has 0 saturated heterocycles. The lowest BCUT2D eigenvalue weighted by Gasteiger charge is -2.18. The molecule has 0 aliphatic carbocycles. The maximum Gasteiger partial charge on any atom is 0.243 e. The van der Waals surface area contributed by atoms with Crippen LogP contribution in [0.1, 0.15) is 25.0 Å².